The zero-order chi connectivity index (χ0) is 12.3. The first-order valence-corrected chi connectivity index (χ1v) is 5.89. The van der Waals surface area contributed by atoms with Gasteiger partial charge in [0.2, 0.25) is 0 Å². The standard InChI is InChI=1S/C12H18N4O/c1-2-9(6-17)14-5-8-3-4-10-11(8)15-7-16-12(10)13/h3,7,9,14,17H,2,4-6H2,1H3,(H2,13,15,16)/t9-/m1/s1. The molecule has 0 aromatic carbocycles. The van der Waals surface area contributed by atoms with Crippen molar-refractivity contribution < 1.29 is 5.11 Å². The molecule has 17 heavy (non-hydrogen) atoms. The molecule has 5 nitrogen and oxygen atoms in total. The van der Waals surface area contributed by atoms with Gasteiger partial charge in [0.25, 0.3) is 0 Å². The molecule has 0 amide bonds. The summed E-state index contributed by atoms with van der Waals surface area (Å²) in [7, 11) is 0. The van der Waals surface area contributed by atoms with E-state index < -0.39 is 0 Å². The van der Waals surface area contributed by atoms with Gasteiger partial charge in [-0.05, 0) is 18.4 Å². The average Bonchev–Trinajstić information content (AvgIpc) is 2.75. The fourth-order valence-electron chi connectivity index (χ4n) is 1.97. The molecule has 92 valence electrons. The Morgan fingerprint density at radius 3 is 3.06 bits per heavy atom. The monoisotopic (exact) mass is 234 g/mol. The highest BCUT2D eigenvalue weighted by Gasteiger charge is 2.18. The van der Waals surface area contributed by atoms with E-state index in [1.54, 1.807) is 0 Å². The van der Waals surface area contributed by atoms with Gasteiger partial charge in [-0.2, -0.15) is 0 Å². The number of anilines is 1. The number of nitrogens with one attached hydrogen (secondary N) is 1. The van der Waals surface area contributed by atoms with Crippen molar-refractivity contribution in [2.24, 2.45) is 0 Å². The van der Waals surface area contributed by atoms with Crippen molar-refractivity contribution in [2.75, 3.05) is 18.9 Å². The van der Waals surface area contributed by atoms with Gasteiger partial charge in [0.15, 0.2) is 0 Å². The number of nitrogens with zero attached hydrogens (tertiary/aromatic N) is 2. The van der Waals surface area contributed by atoms with Crippen molar-refractivity contribution in [1.29, 1.82) is 0 Å². The maximum Gasteiger partial charge on any atom is 0.130 e. The van der Waals surface area contributed by atoms with Crippen LogP contribution in [0.1, 0.15) is 24.6 Å². The van der Waals surface area contributed by atoms with E-state index in [0.29, 0.717) is 12.4 Å². The summed E-state index contributed by atoms with van der Waals surface area (Å²) in [6.07, 6.45) is 5.32. The largest absolute Gasteiger partial charge is 0.395 e. The van der Waals surface area contributed by atoms with Crippen LogP contribution in [0.4, 0.5) is 5.82 Å². The molecule has 1 heterocycles. The Morgan fingerprint density at radius 1 is 1.53 bits per heavy atom. The topological polar surface area (TPSA) is 84.1 Å². The molecular weight excluding hydrogens is 216 g/mol. The molecule has 1 atom stereocenters. The number of allylic oxidation sites excluding steroid dienone is 1. The predicted octanol–water partition coefficient (Wildman–Crippen LogP) is 0.359. The van der Waals surface area contributed by atoms with Gasteiger partial charge >= 0.3 is 0 Å². The number of aliphatic hydroxyl groups excluding tert-OH is 1. The lowest BCUT2D eigenvalue weighted by Crippen LogP contribution is -2.32. The Morgan fingerprint density at radius 2 is 2.35 bits per heavy atom. The van der Waals surface area contributed by atoms with Crippen molar-refractivity contribution in [1.82, 2.24) is 15.3 Å². The molecule has 0 spiro atoms. The van der Waals surface area contributed by atoms with Gasteiger partial charge in [0.1, 0.15) is 12.1 Å². The number of nitrogen functional groups attached to an aromatic ring is 1. The Hall–Kier alpha value is -1.46. The summed E-state index contributed by atoms with van der Waals surface area (Å²) in [5.74, 6) is 0.565. The molecule has 1 aliphatic carbocycles. The van der Waals surface area contributed by atoms with Gasteiger partial charge in [0.05, 0.1) is 12.3 Å². The maximum absolute atomic E-state index is 9.11. The lowest BCUT2D eigenvalue weighted by atomic mass is 10.1. The zero-order valence-electron chi connectivity index (χ0n) is 9.98. The number of aliphatic hydroxyl groups is 1. The summed E-state index contributed by atoms with van der Waals surface area (Å²) in [6, 6.07) is 0.138. The van der Waals surface area contributed by atoms with Crippen LogP contribution in [0.3, 0.4) is 0 Å². The van der Waals surface area contributed by atoms with Crippen molar-refractivity contribution >= 4 is 11.4 Å². The van der Waals surface area contributed by atoms with Crippen molar-refractivity contribution in [3.05, 3.63) is 23.7 Å². The fraction of sp³-hybridized carbons (Fsp3) is 0.500. The molecule has 4 N–H and O–H groups in total. The third kappa shape index (κ3) is 2.45. The van der Waals surface area contributed by atoms with Gasteiger partial charge in [-0.3, -0.25) is 0 Å². The summed E-state index contributed by atoms with van der Waals surface area (Å²) < 4.78 is 0. The lowest BCUT2D eigenvalue weighted by Gasteiger charge is -2.14. The molecule has 1 aromatic rings. The number of hydrogen-bond acceptors (Lipinski definition) is 5. The van der Waals surface area contributed by atoms with Crippen LogP contribution >= 0.6 is 0 Å². The maximum atomic E-state index is 9.11. The first-order valence-electron chi connectivity index (χ1n) is 5.89. The molecule has 1 aromatic heterocycles. The minimum absolute atomic E-state index is 0.138. The van der Waals surface area contributed by atoms with Crippen LogP contribution in [0, 0.1) is 0 Å². The molecule has 5 heteroatoms. The number of rotatable bonds is 5. The van der Waals surface area contributed by atoms with Crippen molar-refractivity contribution in [3.63, 3.8) is 0 Å². The van der Waals surface area contributed by atoms with E-state index in [9.17, 15) is 0 Å². The molecule has 0 fully saturated rings. The van der Waals surface area contributed by atoms with Gasteiger partial charge in [-0.25, -0.2) is 9.97 Å². The van der Waals surface area contributed by atoms with Crippen LogP contribution in [0.15, 0.2) is 12.4 Å². The first-order chi connectivity index (χ1) is 8.26. The molecule has 1 aliphatic rings. The summed E-state index contributed by atoms with van der Waals surface area (Å²) in [4.78, 5) is 8.25. The minimum atomic E-state index is 0.138. The van der Waals surface area contributed by atoms with Crippen LogP contribution < -0.4 is 11.1 Å². The van der Waals surface area contributed by atoms with Gasteiger partial charge in [-0.15, -0.1) is 0 Å². The minimum Gasteiger partial charge on any atom is -0.395 e. The highest BCUT2D eigenvalue weighted by atomic mass is 16.3. The van der Waals surface area contributed by atoms with E-state index in [4.69, 9.17) is 10.8 Å². The number of hydrogen-bond donors (Lipinski definition) is 3. The molecule has 0 saturated heterocycles. The third-order valence-electron chi connectivity index (χ3n) is 3.13. The molecule has 0 saturated carbocycles. The second-order valence-electron chi connectivity index (χ2n) is 4.19. The Bertz CT molecular complexity index is 427. The van der Waals surface area contributed by atoms with Gasteiger partial charge in [-0.1, -0.05) is 13.0 Å². The molecule has 0 aliphatic heterocycles. The van der Waals surface area contributed by atoms with Crippen LogP contribution in [-0.2, 0) is 6.42 Å². The quantitative estimate of drug-likeness (QED) is 0.685. The Kier molecular flexibility index (Phi) is 3.71. The summed E-state index contributed by atoms with van der Waals surface area (Å²) in [6.45, 7) is 2.91. The Balaban J connectivity index is 2.04. The molecule has 0 radical (unpaired) electrons. The highest BCUT2D eigenvalue weighted by Crippen LogP contribution is 2.27. The second-order valence-corrected chi connectivity index (χ2v) is 4.19. The number of fused-ring (bicyclic) bond motifs is 1. The van der Waals surface area contributed by atoms with Crippen LogP contribution in [0.2, 0.25) is 0 Å². The van der Waals surface area contributed by atoms with Crippen LogP contribution in [0.5, 0.6) is 0 Å². The summed E-state index contributed by atoms with van der Waals surface area (Å²) in [5, 5.41) is 12.4. The molecule has 2 rings (SSSR count). The second kappa shape index (κ2) is 5.25. The molecule has 0 bridgehead atoms. The van der Waals surface area contributed by atoms with E-state index in [-0.39, 0.29) is 12.6 Å². The highest BCUT2D eigenvalue weighted by molar-refractivity contribution is 5.74. The molecule has 0 unspecified atom stereocenters. The van der Waals surface area contributed by atoms with E-state index in [1.165, 1.54) is 6.33 Å². The van der Waals surface area contributed by atoms with E-state index in [2.05, 4.69) is 21.4 Å². The third-order valence-corrected chi connectivity index (χ3v) is 3.13. The normalized spacial score (nSPS) is 15.5. The predicted molar refractivity (Wildman–Crippen MR) is 67.3 cm³/mol. The van der Waals surface area contributed by atoms with E-state index >= 15 is 0 Å². The molecular formula is C12H18N4O. The lowest BCUT2D eigenvalue weighted by molar-refractivity contribution is 0.243. The smallest absolute Gasteiger partial charge is 0.130 e. The Labute approximate surface area is 101 Å². The van der Waals surface area contributed by atoms with Gasteiger partial charge in [0, 0.05) is 18.2 Å². The average molecular weight is 234 g/mol. The SMILES string of the molecule is CC[C@H](CO)NCC1=CCc2c(N)ncnc21. The van der Waals surface area contributed by atoms with E-state index in [1.807, 2.05) is 6.92 Å². The summed E-state index contributed by atoms with van der Waals surface area (Å²) in [5.41, 5.74) is 8.89. The van der Waals surface area contributed by atoms with E-state index in [0.717, 1.165) is 29.7 Å². The van der Waals surface area contributed by atoms with Gasteiger partial charge < -0.3 is 16.2 Å². The fourth-order valence-corrected chi connectivity index (χ4v) is 1.97. The van der Waals surface area contributed by atoms with Crippen molar-refractivity contribution in [2.45, 2.75) is 25.8 Å². The zero-order valence-corrected chi connectivity index (χ0v) is 9.98. The summed E-state index contributed by atoms with van der Waals surface area (Å²) >= 11 is 0. The number of nitrogens with two attached hydrogens (primary N) is 1. The van der Waals surface area contributed by atoms with Crippen molar-refractivity contribution in [3.8, 4) is 0 Å². The van der Waals surface area contributed by atoms with Crippen LogP contribution in [-0.4, -0.2) is 34.3 Å². The first kappa shape index (κ1) is 12.0. The van der Waals surface area contributed by atoms with Crippen LogP contribution in [0.25, 0.3) is 5.57 Å². The number of aromatic nitrogens is 2.